The van der Waals surface area contributed by atoms with Crippen LogP contribution in [0.2, 0.25) is 0 Å². The summed E-state index contributed by atoms with van der Waals surface area (Å²) in [5, 5.41) is 0. The molecule has 3 heterocycles. The van der Waals surface area contributed by atoms with Crippen molar-refractivity contribution in [3.63, 3.8) is 0 Å². The third-order valence-corrected chi connectivity index (χ3v) is 7.85. The van der Waals surface area contributed by atoms with Gasteiger partial charge in [0, 0.05) is 38.6 Å². The first-order valence-electron chi connectivity index (χ1n) is 10.8. The molecular formula is C21H27F3N4O3S. The summed E-state index contributed by atoms with van der Waals surface area (Å²) >= 11 is 0. The Morgan fingerprint density at radius 3 is 2.28 bits per heavy atom. The summed E-state index contributed by atoms with van der Waals surface area (Å²) < 4.78 is 66.6. The topological polar surface area (TPSA) is 75.5 Å². The number of carbonyl (C=O) groups is 1. The van der Waals surface area contributed by atoms with Crippen molar-refractivity contribution in [1.29, 1.82) is 0 Å². The smallest absolute Gasteiger partial charge is 0.342 e. The number of fused-ring (bicyclic) bond motifs is 1. The molecule has 1 aromatic carbocycles. The highest BCUT2D eigenvalue weighted by Crippen LogP contribution is 2.33. The van der Waals surface area contributed by atoms with E-state index in [2.05, 4.69) is 4.98 Å². The van der Waals surface area contributed by atoms with Crippen molar-refractivity contribution in [3.05, 3.63) is 30.1 Å². The Kier molecular flexibility index (Phi) is 6.23. The second-order valence-electron chi connectivity index (χ2n) is 8.74. The zero-order chi connectivity index (χ0) is 23.1. The van der Waals surface area contributed by atoms with Gasteiger partial charge in [-0.05, 0) is 43.7 Å². The molecule has 0 N–H and O–H groups in total. The summed E-state index contributed by atoms with van der Waals surface area (Å²) in [6.07, 6.45) is -1.11. The summed E-state index contributed by atoms with van der Waals surface area (Å²) in [7, 11) is -3.24. The van der Waals surface area contributed by atoms with Crippen molar-refractivity contribution in [1.82, 2.24) is 18.8 Å². The maximum atomic E-state index is 13.5. The minimum Gasteiger partial charge on any atom is -0.342 e. The number of alkyl halides is 3. The van der Waals surface area contributed by atoms with E-state index in [9.17, 15) is 26.4 Å². The lowest BCUT2D eigenvalue weighted by molar-refractivity contribution is -0.147. The fraction of sp³-hybridized carbons (Fsp3) is 0.619. The number of amides is 1. The van der Waals surface area contributed by atoms with Gasteiger partial charge < -0.3 is 9.47 Å². The molecular weight excluding hydrogens is 445 g/mol. The van der Waals surface area contributed by atoms with E-state index in [1.807, 2.05) is 0 Å². The normalized spacial score (nSPS) is 20.2. The first-order chi connectivity index (χ1) is 15.0. The Morgan fingerprint density at radius 1 is 1.06 bits per heavy atom. The summed E-state index contributed by atoms with van der Waals surface area (Å²) in [5.41, 5.74) is 0.795. The minimum atomic E-state index is -4.53. The Hall–Kier alpha value is -2.14. The van der Waals surface area contributed by atoms with Crippen molar-refractivity contribution >= 4 is 27.0 Å². The van der Waals surface area contributed by atoms with Crippen LogP contribution in [0, 0.1) is 11.8 Å². The Bertz CT molecular complexity index is 1080. The maximum absolute atomic E-state index is 13.5. The van der Waals surface area contributed by atoms with E-state index in [0.717, 1.165) is 0 Å². The average molecular weight is 473 g/mol. The number of halogens is 3. The number of likely N-dealkylation sites (tertiary alicyclic amines) is 1. The summed E-state index contributed by atoms with van der Waals surface area (Å²) in [4.78, 5) is 18.5. The van der Waals surface area contributed by atoms with Crippen LogP contribution >= 0.6 is 0 Å². The van der Waals surface area contributed by atoms with Crippen molar-refractivity contribution < 1.29 is 26.4 Å². The molecule has 176 valence electrons. The number of para-hydroxylation sites is 2. The molecule has 0 atom stereocenters. The summed E-state index contributed by atoms with van der Waals surface area (Å²) in [6, 6.07) is 6.61. The van der Waals surface area contributed by atoms with E-state index in [-0.39, 0.29) is 24.3 Å². The SMILES string of the molecule is CS(=O)(=O)N1CCC(C(=O)N2CCC(Cn3c(C(F)(F)F)nc4ccccc43)CC2)CC1. The van der Waals surface area contributed by atoms with Crippen LogP contribution in [0.5, 0.6) is 0 Å². The second-order valence-corrected chi connectivity index (χ2v) is 10.7. The molecule has 2 aromatic rings. The highest BCUT2D eigenvalue weighted by molar-refractivity contribution is 7.88. The molecule has 1 aromatic heterocycles. The first-order valence-corrected chi connectivity index (χ1v) is 12.6. The Morgan fingerprint density at radius 2 is 1.69 bits per heavy atom. The predicted molar refractivity (Wildman–Crippen MR) is 113 cm³/mol. The zero-order valence-corrected chi connectivity index (χ0v) is 18.7. The van der Waals surface area contributed by atoms with Gasteiger partial charge >= 0.3 is 6.18 Å². The first kappa shape index (κ1) is 23.0. The number of hydrogen-bond donors (Lipinski definition) is 0. The van der Waals surface area contributed by atoms with Gasteiger partial charge in [-0.25, -0.2) is 17.7 Å². The summed E-state index contributed by atoms with van der Waals surface area (Å²) in [5.74, 6) is -1.03. The van der Waals surface area contributed by atoms with E-state index in [4.69, 9.17) is 0 Å². The maximum Gasteiger partial charge on any atom is 0.449 e. The molecule has 11 heteroatoms. The number of nitrogens with zero attached hydrogens (tertiary/aromatic N) is 4. The van der Waals surface area contributed by atoms with Gasteiger partial charge in [-0.2, -0.15) is 13.2 Å². The van der Waals surface area contributed by atoms with Gasteiger partial charge in [-0.3, -0.25) is 4.79 Å². The van der Waals surface area contributed by atoms with Crippen molar-refractivity contribution in [3.8, 4) is 0 Å². The molecule has 2 aliphatic heterocycles. The van der Waals surface area contributed by atoms with Crippen LogP contribution in [0.15, 0.2) is 24.3 Å². The number of sulfonamides is 1. The predicted octanol–water partition coefficient (Wildman–Crippen LogP) is 2.97. The molecule has 0 aliphatic carbocycles. The van der Waals surface area contributed by atoms with Gasteiger partial charge in [0.15, 0.2) is 0 Å². The van der Waals surface area contributed by atoms with Gasteiger partial charge in [-0.15, -0.1) is 0 Å². The standard InChI is InChI=1S/C21H27F3N4O3S/c1-32(30,31)27-12-8-16(9-13-27)19(29)26-10-6-15(7-11-26)14-28-18-5-3-2-4-17(18)25-20(28)21(22,23)24/h2-5,15-16H,6-14H2,1H3. The van der Waals surface area contributed by atoms with Crippen molar-refractivity contribution in [2.24, 2.45) is 11.8 Å². The van der Waals surface area contributed by atoms with Gasteiger partial charge in [-0.1, -0.05) is 12.1 Å². The molecule has 0 saturated carbocycles. The lowest BCUT2D eigenvalue weighted by Gasteiger charge is -2.37. The highest BCUT2D eigenvalue weighted by Gasteiger charge is 2.38. The Labute approximate surface area is 185 Å². The van der Waals surface area contributed by atoms with E-state index in [0.29, 0.717) is 62.9 Å². The number of imidazole rings is 1. The fourth-order valence-electron chi connectivity index (χ4n) is 4.76. The van der Waals surface area contributed by atoms with Crippen LogP contribution < -0.4 is 0 Å². The monoisotopic (exact) mass is 472 g/mol. The number of rotatable bonds is 4. The number of carbonyl (C=O) groups excluding carboxylic acids is 1. The largest absolute Gasteiger partial charge is 0.449 e. The Balaban J connectivity index is 1.37. The molecule has 2 fully saturated rings. The third-order valence-electron chi connectivity index (χ3n) is 6.55. The molecule has 2 aliphatic rings. The number of benzene rings is 1. The molecule has 32 heavy (non-hydrogen) atoms. The third kappa shape index (κ3) is 4.78. The molecule has 0 unspecified atom stereocenters. The minimum absolute atomic E-state index is 0.0184. The van der Waals surface area contributed by atoms with E-state index in [1.54, 1.807) is 29.2 Å². The average Bonchev–Trinajstić information content (AvgIpc) is 3.12. The van der Waals surface area contributed by atoms with Crippen LogP contribution in [0.25, 0.3) is 11.0 Å². The van der Waals surface area contributed by atoms with Crippen LogP contribution in [-0.2, 0) is 27.5 Å². The van der Waals surface area contributed by atoms with E-state index in [1.165, 1.54) is 15.1 Å². The van der Waals surface area contributed by atoms with E-state index < -0.39 is 22.0 Å². The molecule has 0 radical (unpaired) electrons. The number of piperidine rings is 2. The van der Waals surface area contributed by atoms with Gasteiger partial charge in [0.05, 0.1) is 17.3 Å². The fourth-order valence-corrected chi connectivity index (χ4v) is 5.64. The van der Waals surface area contributed by atoms with Gasteiger partial charge in [0.25, 0.3) is 0 Å². The number of hydrogen-bond acceptors (Lipinski definition) is 4. The molecule has 7 nitrogen and oxygen atoms in total. The van der Waals surface area contributed by atoms with E-state index >= 15 is 0 Å². The highest BCUT2D eigenvalue weighted by atomic mass is 32.2. The molecule has 0 spiro atoms. The zero-order valence-electron chi connectivity index (χ0n) is 17.9. The summed E-state index contributed by atoms with van der Waals surface area (Å²) in [6.45, 7) is 1.91. The molecule has 2 saturated heterocycles. The van der Waals surface area contributed by atoms with Gasteiger partial charge in [0.2, 0.25) is 21.8 Å². The number of aromatic nitrogens is 2. The molecule has 1 amide bonds. The van der Waals surface area contributed by atoms with Crippen LogP contribution in [-0.4, -0.2) is 65.5 Å². The lowest BCUT2D eigenvalue weighted by Crippen LogP contribution is -2.46. The van der Waals surface area contributed by atoms with Crippen LogP contribution in [0.4, 0.5) is 13.2 Å². The van der Waals surface area contributed by atoms with Crippen molar-refractivity contribution in [2.75, 3.05) is 32.4 Å². The lowest BCUT2D eigenvalue weighted by atomic mass is 9.92. The van der Waals surface area contributed by atoms with Crippen molar-refractivity contribution in [2.45, 2.75) is 38.4 Å². The van der Waals surface area contributed by atoms with Crippen LogP contribution in [0.3, 0.4) is 0 Å². The quantitative estimate of drug-likeness (QED) is 0.686. The van der Waals surface area contributed by atoms with Crippen LogP contribution in [0.1, 0.15) is 31.5 Å². The molecule has 4 rings (SSSR count). The molecule has 0 bridgehead atoms. The second kappa shape index (κ2) is 8.66. The van der Waals surface area contributed by atoms with Gasteiger partial charge in [0.1, 0.15) is 0 Å².